The molecule has 0 radical (unpaired) electrons. The van der Waals surface area contributed by atoms with Crippen molar-refractivity contribution in [3.05, 3.63) is 69.5 Å². The van der Waals surface area contributed by atoms with Gasteiger partial charge in [-0.2, -0.15) is 0 Å². The first kappa shape index (κ1) is 16.1. The Hall–Kier alpha value is -2.79. The van der Waals surface area contributed by atoms with Gasteiger partial charge in [-0.25, -0.2) is 4.79 Å². The third-order valence-corrected chi connectivity index (χ3v) is 3.60. The zero-order chi connectivity index (χ0) is 17.1. The summed E-state index contributed by atoms with van der Waals surface area (Å²) >= 11 is 5.93. The maximum atomic E-state index is 12.3. The summed E-state index contributed by atoms with van der Waals surface area (Å²) in [5.41, 5.74) is 0.142. The predicted octanol–water partition coefficient (Wildman–Crippen LogP) is 4.10. The molecule has 6 heteroatoms. The Morgan fingerprint density at radius 3 is 2.62 bits per heavy atom. The van der Waals surface area contributed by atoms with Crippen molar-refractivity contribution >= 4 is 34.2 Å². The second kappa shape index (κ2) is 6.76. The molecule has 5 nitrogen and oxygen atoms in total. The molecule has 0 atom stereocenters. The van der Waals surface area contributed by atoms with E-state index in [0.717, 1.165) is 0 Å². The average Bonchev–Trinajstić information content (AvgIpc) is 2.56. The summed E-state index contributed by atoms with van der Waals surface area (Å²) in [6.07, 6.45) is 0. The van der Waals surface area contributed by atoms with Gasteiger partial charge >= 0.3 is 5.63 Å². The van der Waals surface area contributed by atoms with Gasteiger partial charge in [-0.15, -0.1) is 0 Å². The van der Waals surface area contributed by atoms with Gasteiger partial charge in [0.05, 0.1) is 6.61 Å². The van der Waals surface area contributed by atoms with Crippen molar-refractivity contribution < 1.29 is 13.9 Å². The molecule has 3 rings (SSSR count). The molecule has 0 fully saturated rings. The van der Waals surface area contributed by atoms with E-state index in [-0.39, 0.29) is 5.56 Å². The Balaban J connectivity index is 1.87. The Morgan fingerprint density at radius 1 is 1.17 bits per heavy atom. The molecule has 0 aliphatic carbocycles. The van der Waals surface area contributed by atoms with Crippen LogP contribution in [-0.4, -0.2) is 12.5 Å². The van der Waals surface area contributed by atoms with Gasteiger partial charge in [0.1, 0.15) is 16.9 Å². The molecular formula is C18H14ClNO4. The van der Waals surface area contributed by atoms with Crippen LogP contribution in [0.2, 0.25) is 5.02 Å². The number of benzene rings is 2. The molecule has 0 saturated carbocycles. The highest BCUT2D eigenvalue weighted by Crippen LogP contribution is 2.20. The zero-order valence-corrected chi connectivity index (χ0v) is 13.6. The Bertz CT molecular complexity index is 947. The van der Waals surface area contributed by atoms with Gasteiger partial charge in [0.2, 0.25) is 0 Å². The summed E-state index contributed by atoms with van der Waals surface area (Å²) < 4.78 is 10.5. The number of nitrogens with one attached hydrogen (secondary N) is 1. The van der Waals surface area contributed by atoms with Gasteiger partial charge in [-0.05, 0) is 55.5 Å². The van der Waals surface area contributed by atoms with Crippen molar-refractivity contribution in [1.29, 1.82) is 0 Å². The topological polar surface area (TPSA) is 68.5 Å². The number of ether oxygens (including phenoxy) is 1. The van der Waals surface area contributed by atoms with Crippen molar-refractivity contribution in [2.75, 3.05) is 11.9 Å². The maximum absolute atomic E-state index is 12.3. The van der Waals surface area contributed by atoms with E-state index < -0.39 is 11.5 Å². The number of hydrogen-bond acceptors (Lipinski definition) is 4. The summed E-state index contributed by atoms with van der Waals surface area (Å²) in [4.78, 5) is 24.3. The van der Waals surface area contributed by atoms with Crippen LogP contribution in [0, 0.1) is 0 Å². The van der Waals surface area contributed by atoms with E-state index >= 15 is 0 Å². The lowest BCUT2D eigenvalue weighted by Crippen LogP contribution is -2.20. The van der Waals surface area contributed by atoms with Crippen molar-refractivity contribution in [3.8, 4) is 5.75 Å². The van der Waals surface area contributed by atoms with Gasteiger partial charge < -0.3 is 14.5 Å². The van der Waals surface area contributed by atoms with Crippen molar-refractivity contribution in [3.63, 3.8) is 0 Å². The van der Waals surface area contributed by atoms with Crippen molar-refractivity contribution in [2.45, 2.75) is 6.92 Å². The number of anilines is 1. The minimum atomic E-state index is -0.701. The summed E-state index contributed by atoms with van der Waals surface area (Å²) in [6.45, 7) is 2.45. The molecule has 0 unspecified atom stereocenters. The van der Waals surface area contributed by atoms with E-state index in [1.54, 1.807) is 42.5 Å². The molecule has 1 aromatic heterocycles. The number of carbonyl (C=O) groups excluding carboxylic acids is 1. The molecule has 3 aromatic rings. The largest absolute Gasteiger partial charge is 0.494 e. The third-order valence-electron chi connectivity index (χ3n) is 3.36. The molecule has 0 saturated heterocycles. The first-order valence-electron chi connectivity index (χ1n) is 7.34. The average molecular weight is 344 g/mol. The van der Waals surface area contributed by atoms with Crippen LogP contribution in [0.5, 0.6) is 5.75 Å². The summed E-state index contributed by atoms with van der Waals surface area (Å²) in [6, 6.07) is 13.2. The highest BCUT2D eigenvalue weighted by molar-refractivity contribution is 6.31. The van der Waals surface area contributed by atoms with E-state index in [2.05, 4.69) is 5.32 Å². The number of amides is 1. The summed E-state index contributed by atoms with van der Waals surface area (Å²) in [5.74, 6) is 0.158. The molecule has 1 heterocycles. The number of hydrogen-bond donors (Lipinski definition) is 1. The third kappa shape index (κ3) is 3.41. The van der Waals surface area contributed by atoms with Crippen LogP contribution >= 0.6 is 11.6 Å². The fourth-order valence-corrected chi connectivity index (χ4v) is 2.43. The van der Waals surface area contributed by atoms with Crippen LogP contribution in [0.15, 0.2) is 57.7 Å². The van der Waals surface area contributed by atoms with Crippen LogP contribution in [0.3, 0.4) is 0 Å². The van der Waals surface area contributed by atoms with Crippen LogP contribution < -0.4 is 15.7 Å². The zero-order valence-electron chi connectivity index (χ0n) is 12.8. The van der Waals surface area contributed by atoms with E-state index in [9.17, 15) is 9.59 Å². The minimum Gasteiger partial charge on any atom is -0.494 e. The molecule has 0 spiro atoms. The van der Waals surface area contributed by atoms with Gasteiger partial charge in [-0.1, -0.05) is 11.6 Å². The van der Waals surface area contributed by atoms with Gasteiger partial charge in [0.25, 0.3) is 5.91 Å². The van der Waals surface area contributed by atoms with Gasteiger partial charge in [0, 0.05) is 16.1 Å². The number of rotatable bonds is 4. The maximum Gasteiger partial charge on any atom is 0.349 e. The van der Waals surface area contributed by atoms with Crippen LogP contribution in [0.1, 0.15) is 17.3 Å². The summed E-state index contributed by atoms with van der Waals surface area (Å²) in [5, 5.41) is 3.74. The van der Waals surface area contributed by atoms with Crippen LogP contribution in [0.4, 0.5) is 5.69 Å². The van der Waals surface area contributed by atoms with E-state index in [0.29, 0.717) is 34.0 Å². The molecule has 122 valence electrons. The monoisotopic (exact) mass is 343 g/mol. The van der Waals surface area contributed by atoms with Crippen molar-refractivity contribution in [1.82, 2.24) is 0 Å². The van der Waals surface area contributed by atoms with E-state index in [1.165, 1.54) is 6.07 Å². The quantitative estimate of drug-likeness (QED) is 0.724. The Kier molecular flexibility index (Phi) is 4.53. The lowest BCUT2D eigenvalue weighted by atomic mass is 10.1. The van der Waals surface area contributed by atoms with Gasteiger partial charge in [-0.3, -0.25) is 4.79 Å². The second-order valence-electron chi connectivity index (χ2n) is 5.04. The molecule has 0 aliphatic rings. The molecule has 1 N–H and O–H groups in total. The molecule has 1 amide bonds. The SMILES string of the molecule is CCOc1ccc(NC(=O)c2cc3cc(Cl)ccc3oc2=O)cc1. The number of fused-ring (bicyclic) bond motifs is 1. The normalized spacial score (nSPS) is 10.6. The van der Waals surface area contributed by atoms with Crippen LogP contribution in [-0.2, 0) is 0 Å². The smallest absolute Gasteiger partial charge is 0.349 e. The molecule has 0 bridgehead atoms. The first-order chi connectivity index (χ1) is 11.6. The fourth-order valence-electron chi connectivity index (χ4n) is 2.25. The molecule has 0 aliphatic heterocycles. The highest BCUT2D eigenvalue weighted by atomic mass is 35.5. The standard InChI is InChI=1S/C18H14ClNO4/c1-2-23-14-6-4-13(5-7-14)20-17(21)15-10-11-9-12(19)3-8-16(11)24-18(15)22/h3-10H,2H2,1H3,(H,20,21). The second-order valence-corrected chi connectivity index (χ2v) is 5.48. The first-order valence-corrected chi connectivity index (χ1v) is 7.72. The summed E-state index contributed by atoms with van der Waals surface area (Å²) in [7, 11) is 0. The molecule has 2 aromatic carbocycles. The number of carbonyl (C=O) groups is 1. The predicted molar refractivity (Wildman–Crippen MR) is 93.1 cm³/mol. The Labute approximate surface area is 142 Å². The fraction of sp³-hybridized carbons (Fsp3) is 0.111. The lowest BCUT2D eigenvalue weighted by molar-refractivity contribution is 0.102. The molecule has 24 heavy (non-hydrogen) atoms. The Morgan fingerprint density at radius 2 is 1.92 bits per heavy atom. The minimum absolute atomic E-state index is 0.0846. The molecular weight excluding hydrogens is 330 g/mol. The van der Waals surface area contributed by atoms with Crippen molar-refractivity contribution in [2.24, 2.45) is 0 Å². The van der Waals surface area contributed by atoms with Crippen LogP contribution in [0.25, 0.3) is 11.0 Å². The van der Waals surface area contributed by atoms with E-state index in [4.69, 9.17) is 20.8 Å². The number of halogens is 1. The lowest BCUT2D eigenvalue weighted by Gasteiger charge is -2.07. The van der Waals surface area contributed by atoms with Gasteiger partial charge in [0.15, 0.2) is 0 Å². The highest BCUT2D eigenvalue weighted by Gasteiger charge is 2.14. The van der Waals surface area contributed by atoms with E-state index in [1.807, 2.05) is 6.92 Å².